The van der Waals surface area contributed by atoms with Crippen LogP contribution in [0.1, 0.15) is 12.0 Å². The van der Waals surface area contributed by atoms with Crippen LogP contribution in [0.25, 0.3) is 5.69 Å². The Balaban J connectivity index is 1.57. The predicted molar refractivity (Wildman–Crippen MR) is 93.5 cm³/mol. The molecule has 1 aromatic carbocycles. The summed E-state index contributed by atoms with van der Waals surface area (Å²) >= 11 is 0. The van der Waals surface area contributed by atoms with Gasteiger partial charge in [-0.15, -0.1) is 0 Å². The number of nitrogens with one attached hydrogen (secondary N) is 2. The molecule has 2 heterocycles. The molecule has 24 heavy (non-hydrogen) atoms. The van der Waals surface area contributed by atoms with E-state index in [0.717, 1.165) is 17.8 Å². The van der Waals surface area contributed by atoms with Gasteiger partial charge in [-0.05, 0) is 37.1 Å². The van der Waals surface area contributed by atoms with Crippen molar-refractivity contribution in [1.82, 2.24) is 15.3 Å². The smallest absolute Gasteiger partial charge is 0.307 e. The molecule has 2 aromatic rings. The van der Waals surface area contributed by atoms with Crippen LogP contribution in [0.15, 0.2) is 53.9 Å². The molecule has 1 saturated heterocycles. The number of carboxylic acids is 1. The number of nitrogens with zero attached hydrogens (tertiary/aromatic N) is 2. The molecule has 6 heteroatoms. The topological polar surface area (TPSA) is 78.7 Å². The quantitative estimate of drug-likeness (QED) is 0.558. The van der Waals surface area contributed by atoms with Crippen LogP contribution in [0, 0.1) is 11.8 Å². The van der Waals surface area contributed by atoms with Crippen LogP contribution in [0.4, 0.5) is 0 Å². The van der Waals surface area contributed by atoms with E-state index in [1.165, 1.54) is 0 Å². The van der Waals surface area contributed by atoms with Crippen molar-refractivity contribution >= 4 is 12.2 Å². The van der Waals surface area contributed by atoms with Gasteiger partial charge in [0.25, 0.3) is 0 Å². The van der Waals surface area contributed by atoms with E-state index < -0.39 is 5.97 Å². The van der Waals surface area contributed by atoms with Crippen molar-refractivity contribution in [3.8, 4) is 5.69 Å². The van der Waals surface area contributed by atoms with Crippen molar-refractivity contribution in [1.29, 1.82) is 0 Å². The number of piperidine rings is 1. The number of benzene rings is 1. The standard InChI is InChI=1S/C18H22N4O2/c23-18(24)16-9-14(10-19-12-16)11-20-21-13-15-5-1-2-6-17(15)22-7-3-4-8-22/h1-8,13-14,16,19-20H,9-12H2,(H,23,24)/b21-13+/t14-,16+/m0/s1. The molecule has 3 N–H and O–H groups in total. The van der Waals surface area contributed by atoms with Gasteiger partial charge in [-0.25, -0.2) is 0 Å². The summed E-state index contributed by atoms with van der Waals surface area (Å²) in [4.78, 5) is 11.1. The highest BCUT2D eigenvalue weighted by molar-refractivity contribution is 5.84. The molecule has 6 nitrogen and oxygen atoms in total. The molecule has 3 rings (SSSR count). The highest BCUT2D eigenvalue weighted by Gasteiger charge is 2.26. The summed E-state index contributed by atoms with van der Waals surface area (Å²) in [5, 5.41) is 16.6. The van der Waals surface area contributed by atoms with Gasteiger partial charge in [0, 0.05) is 31.0 Å². The van der Waals surface area contributed by atoms with Crippen LogP contribution in [0.3, 0.4) is 0 Å². The average Bonchev–Trinajstić information content (AvgIpc) is 3.14. The van der Waals surface area contributed by atoms with Gasteiger partial charge in [0.05, 0.1) is 17.8 Å². The molecule has 0 radical (unpaired) electrons. The van der Waals surface area contributed by atoms with Crippen LogP contribution in [-0.2, 0) is 4.79 Å². The normalized spacial score (nSPS) is 21.0. The van der Waals surface area contributed by atoms with Gasteiger partial charge in [0.1, 0.15) is 0 Å². The molecule has 126 valence electrons. The van der Waals surface area contributed by atoms with Crippen molar-refractivity contribution in [2.75, 3.05) is 19.6 Å². The lowest BCUT2D eigenvalue weighted by atomic mass is 9.91. The second-order valence-corrected chi connectivity index (χ2v) is 6.06. The first-order valence-electron chi connectivity index (χ1n) is 8.16. The summed E-state index contributed by atoms with van der Waals surface area (Å²) in [6.45, 7) is 2.05. The Labute approximate surface area is 141 Å². The summed E-state index contributed by atoms with van der Waals surface area (Å²) in [6, 6.07) is 12.0. The lowest BCUT2D eigenvalue weighted by Gasteiger charge is -2.27. The third-order valence-corrected chi connectivity index (χ3v) is 4.29. The average molecular weight is 326 g/mol. The third-order valence-electron chi connectivity index (χ3n) is 4.29. The predicted octanol–water partition coefficient (Wildman–Crippen LogP) is 1.71. The zero-order valence-corrected chi connectivity index (χ0v) is 13.4. The summed E-state index contributed by atoms with van der Waals surface area (Å²) in [5.41, 5.74) is 5.15. The molecule has 1 aliphatic rings. The van der Waals surface area contributed by atoms with Crippen LogP contribution >= 0.6 is 0 Å². The first kappa shape index (κ1) is 16.3. The van der Waals surface area contributed by atoms with Crippen LogP contribution in [0.2, 0.25) is 0 Å². The highest BCUT2D eigenvalue weighted by atomic mass is 16.4. The molecule has 1 aromatic heterocycles. The monoisotopic (exact) mass is 326 g/mol. The minimum absolute atomic E-state index is 0.275. The van der Waals surface area contributed by atoms with E-state index in [9.17, 15) is 4.79 Å². The first-order valence-corrected chi connectivity index (χ1v) is 8.16. The second kappa shape index (κ2) is 7.79. The lowest BCUT2D eigenvalue weighted by molar-refractivity contribution is -0.142. The van der Waals surface area contributed by atoms with Crippen molar-refractivity contribution < 1.29 is 9.90 Å². The lowest BCUT2D eigenvalue weighted by Crippen LogP contribution is -2.42. The molecule has 0 spiro atoms. The van der Waals surface area contributed by atoms with Crippen molar-refractivity contribution in [3.05, 3.63) is 54.4 Å². The van der Waals surface area contributed by atoms with E-state index in [4.69, 9.17) is 5.11 Å². The Morgan fingerprint density at radius 2 is 2.08 bits per heavy atom. The summed E-state index contributed by atoms with van der Waals surface area (Å²) in [7, 11) is 0. The minimum Gasteiger partial charge on any atom is -0.481 e. The van der Waals surface area contributed by atoms with Gasteiger partial charge in [-0.3, -0.25) is 4.79 Å². The minimum atomic E-state index is -0.726. The van der Waals surface area contributed by atoms with E-state index >= 15 is 0 Å². The largest absolute Gasteiger partial charge is 0.481 e. The van der Waals surface area contributed by atoms with Gasteiger partial charge >= 0.3 is 5.97 Å². The van der Waals surface area contributed by atoms with Crippen molar-refractivity contribution in [2.24, 2.45) is 16.9 Å². The number of hydrogen-bond acceptors (Lipinski definition) is 4. The summed E-state index contributed by atoms with van der Waals surface area (Å²) < 4.78 is 2.05. The van der Waals surface area contributed by atoms with E-state index in [1.807, 2.05) is 53.4 Å². The van der Waals surface area contributed by atoms with E-state index in [2.05, 4.69) is 15.8 Å². The van der Waals surface area contributed by atoms with Crippen molar-refractivity contribution in [2.45, 2.75) is 6.42 Å². The molecule has 0 amide bonds. The molecule has 0 saturated carbocycles. The molecule has 0 aliphatic carbocycles. The molecular formula is C18H22N4O2. The molecule has 0 unspecified atom stereocenters. The Bertz CT molecular complexity index is 697. The van der Waals surface area contributed by atoms with Crippen LogP contribution < -0.4 is 10.7 Å². The Morgan fingerprint density at radius 1 is 1.29 bits per heavy atom. The fraction of sp³-hybridized carbons (Fsp3) is 0.333. The molecular weight excluding hydrogens is 304 g/mol. The molecule has 1 fully saturated rings. The first-order chi connectivity index (χ1) is 11.7. The number of hydrazone groups is 1. The highest BCUT2D eigenvalue weighted by Crippen LogP contribution is 2.16. The molecule has 2 atom stereocenters. The number of aromatic nitrogens is 1. The number of carboxylic acid groups (broad SMARTS) is 1. The third kappa shape index (κ3) is 4.02. The maximum atomic E-state index is 11.1. The molecule has 0 bridgehead atoms. The SMILES string of the molecule is O=C(O)[C@H]1CNC[C@@H](CN/N=C/c2ccccc2-n2cccc2)C1. The number of rotatable bonds is 6. The van der Waals surface area contributed by atoms with Crippen molar-refractivity contribution in [3.63, 3.8) is 0 Å². The zero-order chi connectivity index (χ0) is 16.8. The van der Waals surface area contributed by atoms with Crippen LogP contribution in [0.5, 0.6) is 0 Å². The van der Waals surface area contributed by atoms with Gasteiger partial charge in [-0.2, -0.15) is 5.10 Å². The van der Waals surface area contributed by atoms with Crippen LogP contribution in [-0.4, -0.2) is 41.5 Å². The maximum Gasteiger partial charge on any atom is 0.307 e. The number of para-hydroxylation sites is 1. The van der Waals surface area contributed by atoms with Gasteiger partial charge in [0.2, 0.25) is 0 Å². The van der Waals surface area contributed by atoms with Gasteiger partial charge in [0.15, 0.2) is 0 Å². The fourth-order valence-corrected chi connectivity index (χ4v) is 3.00. The summed E-state index contributed by atoms with van der Waals surface area (Å²) in [6.07, 6.45) is 6.49. The zero-order valence-electron chi connectivity index (χ0n) is 13.4. The van der Waals surface area contributed by atoms with E-state index in [-0.39, 0.29) is 11.8 Å². The number of aliphatic carboxylic acids is 1. The number of hydrogen-bond donors (Lipinski definition) is 3. The Hall–Kier alpha value is -2.60. The van der Waals surface area contributed by atoms with E-state index in [0.29, 0.717) is 19.5 Å². The fourth-order valence-electron chi connectivity index (χ4n) is 3.00. The second-order valence-electron chi connectivity index (χ2n) is 6.06. The number of carbonyl (C=O) groups is 1. The van der Waals surface area contributed by atoms with Gasteiger partial charge in [-0.1, -0.05) is 18.2 Å². The summed E-state index contributed by atoms with van der Waals surface area (Å²) in [5.74, 6) is -0.753. The Morgan fingerprint density at radius 3 is 2.88 bits per heavy atom. The van der Waals surface area contributed by atoms with E-state index in [1.54, 1.807) is 6.21 Å². The van der Waals surface area contributed by atoms with Gasteiger partial charge < -0.3 is 20.4 Å². The Kier molecular flexibility index (Phi) is 5.28. The molecule has 1 aliphatic heterocycles. The maximum absolute atomic E-state index is 11.1.